The van der Waals surface area contributed by atoms with Crippen LogP contribution in [0.15, 0.2) is 28.5 Å². The van der Waals surface area contributed by atoms with Crippen LogP contribution in [0.5, 0.6) is 0 Å². The van der Waals surface area contributed by atoms with Gasteiger partial charge in [0.05, 0.1) is 37.3 Å². The Morgan fingerprint density at radius 1 is 1.13 bits per heavy atom. The van der Waals surface area contributed by atoms with Crippen LogP contribution in [-0.2, 0) is 37.3 Å². The third-order valence-corrected chi connectivity index (χ3v) is 13.3. The molecule has 13 nitrogen and oxygen atoms in total. The van der Waals surface area contributed by atoms with Crippen molar-refractivity contribution in [2.45, 2.75) is 41.8 Å². The molecule has 6 rings (SSSR count). The number of thiazole rings is 1. The molecule has 3 amide bonds. The third-order valence-electron chi connectivity index (χ3n) is 8.58. The van der Waals surface area contributed by atoms with Gasteiger partial charge >= 0.3 is 0 Å². The number of halogens is 1. The zero-order valence-corrected chi connectivity index (χ0v) is 28.6. The lowest BCUT2D eigenvalue weighted by Gasteiger charge is -2.50. The monoisotopic (exact) mass is 710 g/mol. The van der Waals surface area contributed by atoms with Crippen LogP contribution in [0.25, 0.3) is 10.1 Å². The molecule has 248 valence electrons. The van der Waals surface area contributed by atoms with Gasteiger partial charge in [-0.05, 0) is 23.6 Å². The summed E-state index contributed by atoms with van der Waals surface area (Å²) in [5.74, 6) is -1.13. The van der Waals surface area contributed by atoms with Crippen molar-refractivity contribution in [3.8, 4) is 0 Å². The number of carbonyl (C=O) groups is 3. The van der Waals surface area contributed by atoms with Crippen molar-refractivity contribution in [3.05, 3.63) is 44.9 Å². The Bertz CT molecular complexity index is 1770. The summed E-state index contributed by atoms with van der Waals surface area (Å²) in [5.41, 5.74) is -0.895. The maximum atomic E-state index is 14.3. The second kappa shape index (κ2) is 13.1. The summed E-state index contributed by atoms with van der Waals surface area (Å²) >= 11 is 8.45. The molecule has 2 atom stereocenters. The third kappa shape index (κ3) is 6.54. The van der Waals surface area contributed by atoms with Crippen molar-refractivity contribution in [1.29, 1.82) is 0 Å². The van der Waals surface area contributed by atoms with Gasteiger partial charge in [0, 0.05) is 74.4 Å². The first-order valence-corrected chi connectivity index (χ1v) is 18.3. The average Bonchev–Trinajstić information content (AvgIpc) is 3.65. The Balaban J connectivity index is 1.40. The van der Waals surface area contributed by atoms with Crippen LogP contribution in [0.4, 0.5) is 0 Å². The normalized spacial score (nSPS) is 22.6. The Morgan fingerprint density at radius 3 is 2.63 bits per heavy atom. The van der Waals surface area contributed by atoms with Crippen molar-refractivity contribution < 1.29 is 32.6 Å². The van der Waals surface area contributed by atoms with Crippen molar-refractivity contribution in [3.63, 3.8) is 0 Å². The van der Waals surface area contributed by atoms with Gasteiger partial charge in [0.25, 0.3) is 15.9 Å². The van der Waals surface area contributed by atoms with Crippen molar-refractivity contribution in [2.75, 3.05) is 60.0 Å². The minimum atomic E-state index is -4.09. The lowest BCUT2D eigenvalue weighted by molar-refractivity contribution is -0.141. The number of carbonyl (C=O) groups excluding carboxylic acids is 3. The molecule has 3 aliphatic rings. The van der Waals surface area contributed by atoms with E-state index in [0.29, 0.717) is 48.3 Å². The zero-order chi connectivity index (χ0) is 32.8. The molecular weight excluding hydrogens is 676 g/mol. The number of aliphatic hydroxyl groups is 1. The number of hydrogen-bond donors (Lipinski definition) is 2. The minimum Gasteiger partial charge on any atom is -0.378 e. The summed E-state index contributed by atoms with van der Waals surface area (Å²) < 4.78 is 35.9. The largest absolute Gasteiger partial charge is 0.378 e. The number of benzene rings is 1. The van der Waals surface area contributed by atoms with Gasteiger partial charge in [0.1, 0.15) is 10.4 Å². The minimum absolute atomic E-state index is 0.0436. The van der Waals surface area contributed by atoms with Gasteiger partial charge in [-0.25, -0.2) is 13.4 Å². The Morgan fingerprint density at radius 2 is 1.89 bits per heavy atom. The van der Waals surface area contributed by atoms with Crippen LogP contribution in [0.1, 0.15) is 33.2 Å². The molecule has 0 aliphatic carbocycles. The van der Waals surface area contributed by atoms with E-state index in [1.807, 2.05) is 0 Å². The molecule has 46 heavy (non-hydrogen) atoms. The highest BCUT2D eigenvalue weighted by atomic mass is 35.5. The predicted octanol–water partition coefficient (Wildman–Crippen LogP) is 1.59. The number of aromatic nitrogens is 1. The van der Waals surface area contributed by atoms with Crippen LogP contribution in [-0.4, -0.2) is 127 Å². The molecule has 2 fully saturated rings. The molecule has 0 saturated carbocycles. The zero-order valence-electron chi connectivity index (χ0n) is 25.4. The molecule has 0 radical (unpaired) electrons. The first-order valence-electron chi connectivity index (χ1n) is 14.8. The molecule has 2 saturated heterocycles. The maximum absolute atomic E-state index is 14.3. The number of ether oxygens (including phenoxy) is 1. The van der Waals surface area contributed by atoms with E-state index in [-0.39, 0.29) is 59.9 Å². The lowest BCUT2D eigenvalue weighted by Crippen LogP contribution is -2.67. The smallest absolute Gasteiger partial charge is 0.283 e. The Labute approximate surface area is 279 Å². The SMILES string of the molecule is CN(C)C(=O)CC1(CC(=O)N2CCOCC2)CN(S(=O)(=O)c2cc3ccc(Cl)cc3s2)CCN1C(=O)c1nc2c(s1)CNC(O)C2. The number of aliphatic hydroxyl groups excluding tert-OH is 1. The molecule has 2 aromatic heterocycles. The van der Waals surface area contributed by atoms with E-state index < -0.39 is 27.7 Å². The van der Waals surface area contributed by atoms with Crippen LogP contribution < -0.4 is 5.32 Å². The highest BCUT2D eigenvalue weighted by Gasteiger charge is 2.51. The summed E-state index contributed by atoms with van der Waals surface area (Å²) in [7, 11) is -0.930. The van der Waals surface area contributed by atoms with Crippen LogP contribution in [0.3, 0.4) is 0 Å². The van der Waals surface area contributed by atoms with Gasteiger partial charge in [-0.15, -0.1) is 22.7 Å². The molecule has 2 N–H and O–H groups in total. The van der Waals surface area contributed by atoms with Crippen molar-refractivity contribution in [1.82, 2.24) is 29.3 Å². The first kappa shape index (κ1) is 33.2. The van der Waals surface area contributed by atoms with E-state index >= 15 is 0 Å². The number of rotatable bonds is 7. The van der Waals surface area contributed by atoms with Crippen molar-refractivity contribution >= 4 is 72.1 Å². The maximum Gasteiger partial charge on any atom is 0.283 e. The van der Waals surface area contributed by atoms with Gasteiger partial charge in [-0.3, -0.25) is 19.7 Å². The van der Waals surface area contributed by atoms with E-state index in [1.54, 1.807) is 43.3 Å². The number of thiophene rings is 1. The average molecular weight is 711 g/mol. The molecule has 3 aliphatic heterocycles. The highest BCUT2D eigenvalue weighted by molar-refractivity contribution is 7.91. The standard InChI is InChI=1S/C29H35ClN6O7S3/c1-33(2)24(38)14-29(15-25(39)34-7-9-43-10-8-34)17-35(46(41,42)26-11-18-3-4-19(30)12-21(18)44-26)5-6-36(29)28(40)27-32-20-13-23(37)31-16-22(20)45-27/h3-4,11-12,23,31,37H,5-10,13-17H2,1-2H3. The number of sulfonamides is 1. The second-order valence-electron chi connectivity index (χ2n) is 11.9. The van der Waals surface area contributed by atoms with Gasteiger partial charge in [-0.1, -0.05) is 17.7 Å². The van der Waals surface area contributed by atoms with E-state index in [2.05, 4.69) is 10.3 Å². The van der Waals surface area contributed by atoms with E-state index in [9.17, 15) is 27.9 Å². The summed E-state index contributed by atoms with van der Waals surface area (Å²) in [6, 6.07) is 6.75. The number of fused-ring (bicyclic) bond motifs is 2. The molecule has 3 aromatic rings. The number of amides is 3. The summed E-state index contributed by atoms with van der Waals surface area (Å²) in [6.45, 7) is 1.41. The number of nitrogens with zero attached hydrogens (tertiary/aromatic N) is 5. The van der Waals surface area contributed by atoms with Gasteiger partial charge in [0.2, 0.25) is 11.8 Å². The number of nitrogens with one attached hydrogen (secondary N) is 1. The molecule has 0 spiro atoms. The van der Waals surface area contributed by atoms with Gasteiger partial charge in [-0.2, -0.15) is 4.31 Å². The van der Waals surface area contributed by atoms with Crippen molar-refractivity contribution in [2.24, 2.45) is 0 Å². The number of piperazine rings is 1. The number of hydrogen-bond acceptors (Lipinski definition) is 11. The molecule has 0 bridgehead atoms. The van der Waals surface area contributed by atoms with E-state index in [0.717, 1.165) is 21.6 Å². The van der Waals surface area contributed by atoms with Gasteiger partial charge < -0.3 is 24.5 Å². The highest BCUT2D eigenvalue weighted by Crippen LogP contribution is 2.38. The molecule has 17 heteroatoms. The predicted molar refractivity (Wildman–Crippen MR) is 173 cm³/mol. The topological polar surface area (TPSA) is 153 Å². The second-order valence-corrected chi connectivity index (χ2v) is 16.7. The molecule has 5 heterocycles. The molecule has 1 aromatic carbocycles. The summed E-state index contributed by atoms with van der Waals surface area (Å²) in [6.07, 6.45) is -1.08. The van der Waals surface area contributed by atoms with Crippen LogP contribution in [0.2, 0.25) is 5.02 Å². The summed E-state index contributed by atoms with van der Waals surface area (Å²) in [4.78, 5) is 51.5. The quantitative estimate of drug-likeness (QED) is 0.372. The van der Waals surface area contributed by atoms with E-state index in [4.69, 9.17) is 16.3 Å². The first-order chi connectivity index (χ1) is 21.9. The fraction of sp³-hybridized carbons (Fsp3) is 0.517. The fourth-order valence-corrected chi connectivity index (χ4v) is 10.4. The molecule has 2 unspecified atom stereocenters. The summed E-state index contributed by atoms with van der Waals surface area (Å²) in [5, 5.41) is 14.4. The number of morpholine rings is 1. The van der Waals surface area contributed by atoms with Crippen LogP contribution >= 0.6 is 34.3 Å². The van der Waals surface area contributed by atoms with E-state index in [1.165, 1.54) is 25.4 Å². The van der Waals surface area contributed by atoms with Crippen LogP contribution in [0, 0.1) is 0 Å². The lowest BCUT2D eigenvalue weighted by atomic mass is 9.85. The Hall–Kier alpha value is -2.70. The Kier molecular flexibility index (Phi) is 9.44. The fourth-order valence-electron chi connectivity index (χ4n) is 6.06. The van der Waals surface area contributed by atoms with Gasteiger partial charge in [0.15, 0.2) is 5.01 Å². The molecular formula is C29H35ClN6O7S3.